The fourth-order valence-electron chi connectivity index (χ4n) is 3.48. The summed E-state index contributed by atoms with van der Waals surface area (Å²) in [7, 11) is 0. The van der Waals surface area contributed by atoms with E-state index in [1.54, 1.807) is 12.1 Å². The summed E-state index contributed by atoms with van der Waals surface area (Å²) in [4.78, 5) is 37.9. The van der Waals surface area contributed by atoms with Crippen LogP contribution in [0.5, 0.6) is 0 Å². The van der Waals surface area contributed by atoms with Crippen molar-refractivity contribution in [3.8, 4) is 0 Å². The summed E-state index contributed by atoms with van der Waals surface area (Å²) in [5, 5.41) is 5.46. The maximum absolute atomic E-state index is 12.2. The van der Waals surface area contributed by atoms with Crippen LogP contribution in [-0.2, 0) is 9.59 Å². The van der Waals surface area contributed by atoms with Crippen molar-refractivity contribution in [2.24, 2.45) is 5.92 Å². The Morgan fingerprint density at radius 2 is 1.96 bits per heavy atom. The van der Waals surface area contributed by atoms with Gasteiger partial charge >= 0.3 is 0 Å². The highest BCUT2D eigenvalue weighted by Crippen LogP contribution is 2.29. The summed E-state index contributed by atoms with van der Waals surface area (Å²) in [6.07, 6.45) is 6.17. The van der Waals surface area contributed by atoms with Gasteiger partial charge in [-0.05, 0) is 25.0 Å². The molecule has 130 valence electrons. The topological polar surface area (TPSA) is 91.7 Å². The number of carbonyl (C=O) groups is 3. The van der Waals surface area contributed by atoms with Gasteiger partial charge in [-0.1, -0.05) is 12.8 Å². The molecule has 7 nitrogen and oxygen atoms in total. The summed E-state index contributed by atoms with van der Waals surface area (Å²) in [6.45, 7) is 1.17. The zero-order chi connectivity index (χ0) is 16.9. The molecule has 3 rings (SSSR count). The van der Waals surface area contributed by atoms with E-state index in [0.717, 1.165) is 12.8 Å². The number of hydrogen-bond acceptors (Lipinski definition) is 4. The van der Waals surface area contributed by atoms with Gasteiger partial charge in [-0.2, -0.15) is 0 Å². The van der Waals surface area contributed by atoms with E-state index in [2.05, 4.69) is 10.6 Å². The second kappa shape index (κ2) is 7.51. The predicted molar refractivity (Wildman–Crippen MR) is 86.1 cm³/mol. The summed E-state index contributed by atoms with van der Waals surface area (Å²) in [5.74, 6) is -0.365. The molecular weight excluding hydrogens is 310 g/mol. The first-order valence-corrected chi connectivity index (χ1v) is 8.54. The van der Waals surface area contributed by atoms with E-state index in [1.807, 2.05) is 4.90 Å². The highest BCUT2D eigenvalue weighted by atomic mass is 16.3. The lowest BCUT2D eigenvalue weighted by atomic mass is 10.1. The van der Waals surface area contributed by atoms with Crippen molar-refractivity contribution in [2.45, 2.75) is 38.1 Å². The summed E-state index contributed by atoms with van der Waals surface area (Å²) in [5.41, 5.74) is 0. The van der Waals surface area contributed by atoms with Crippen molar-refractivity contribution < 1.29 is 18.8 Å². The Kier molecular flexibility index (Phi) is 5.17. The number of likely N-dealkylation sites (tertiary alicyclic amines) is 1. The minimum atomic E-state index is -0.308. The molecule has 2 fully saturated rings. The van der Waals surface area contributed by atoms with Crippen molar-refractivity contribution in [1.29, 1.82) is 0 Å². The van der Waals surface area contributed by atoms with E-state index in [-0.39, 0.29) is 29.4 Å². The highest BCUT2D eigenvalue weighted by molar-refractivity contribution is 5.91. The van der Waals surface area contributed by atoms with Crippen LogP contribution >= 0.6 is 0 Å². The molecule has 0 bridgehead atoms. The Hall–Kier alpha value is -2.31. The second-order valence-corrected chi connectivity index (χ2v) is 6.41. The molecule has 0 aromatic carbocycles. The van der Waals surface area contributed by atoms with Gasteiger partial charge in [0.1, 0.15) is 0 Å². The maximum atomic E-state index is 12.2. The standard InChI is InChI=1S/C17H23N3O4/c21-15-10-12(11-20(15)13-4-1-2-5-13)16(22)18-7-8-19-17(23)14-6-3-9-24-14/h3,6,9,12-13H,1-2,4-5,7-8,10-11H2,(H,18,22)(H,19,23). The van der Waals surface area contributed by atoms with Crippen molar-refractivity contribution >= 4 is 17.7 Å². The quantitative estimate of drug-likeness (QED) is 0.757. The number of rotatable bonds is 6. The van der Waals surface area contributed by atoms with Gasteiger partial charge in [0.05, 0.1) is 12.2 Å². The van der Waals surface area contributed by atoms with E-state index >= 15 is 0 Å². The number of nitrogens with zero attached hydrogens (tertiary/aromatic N) is 1. The third-order valence-corrected chi connectivity index (χ3v) is 4.75. The third-order valence-electron chi connectivity index (χ3n) is 4.75. The van der Waals surface area contributed by atoms with Gasteiger partial charge in [-0.3, -0.25) is 14.4 Å². The first-order chi connectivity index (χ1) is 11.6. The average Bonchev–Trinajstić information content (AvgIpc) is 3.30. The van der Waals surface area contributed by atoms with Crippen LogP contribution in [0.25, 0.3) is 0 Å². The summed E-state index contributed by atoms with van der Waals surface area (Å²) in [6, 6.07) is 3.54. The Morgan fingerprint density at radius 3 is 2.67 bits per heavy atom. The molecule has 1 saturated heterocycles. The van der Waals surface area contributed by atoms with Gasteiger partial charge < -0.3 is 20.0 Å². The van der Waals surface area contributed by atoms with Gasteiger partial charge in [-0.25, -0.2) is 0 Å². The Labute approximate surface area is 140 Å². The Balaban J connectivity index is 1.38. The van der Waals surface area contributed by atoms with E-state index in [0.29, 0.717) is 32.1 Å². The molecule has 1 aromatic rings. The minimum Gasteiger partial charge on any atom is -0.459 e. The van der Waals surface area contributed by atoms with E-state index < -0.39 is 0 Å². The van der Waals surface area contributed by atoms with Crippen LogP contribution in [0.2, 0.25) is 0 Å². The van der Waals surface area contributed by atoms with Crippen molar-refractivity contribution in [2.75, 3.05) is 19.6 Å². The van der Waals surface area contributed by atoms with Crippen LogP contribution in [0.15, 0.2) is 22.8 Å². The largest absolute Gasteiger partial charge is 0.459 e. The summed E-state index contributed by atoms with van der Waals surface area (Å²) >= 11 is 0. The van der Waals surface area contributed by atoms with Gasteiger partial charge in [0.15, 0.2) is 5.76 Å². The summed E-state index contributed by atoms with van der Waals surface area (Å²) < 4.78 is 4.98. The second-order valence-electron chi connectivity index (χ2n) is 6.41. The smallest absolute Gasteiger partial charge is 0.287 e. The van der Waals surface area contributed by atoms with Gasteiger partial charge in [0.2, 0.25) is 11.8 Å². The van der Waals surface area contributed by atoms with Gasteiger partial charge in [0.25, 0.3) is 5.91 Å². The van der Waals surface area contributed by atoms with Gasteiger partial charge in [0, 0.05) is 32.1 Å². The van der Waals surface area contributed by atoms with Crippen molar-refractivity contribution in [1.82, 2.24) is 15.5 Å². The Morgan fingerprint density at radius 1 is 1.21 bits per heavy atom. The molecule has 0 radical (unpaired) electrons. The fourth-order valence-corrected chi connectivity index (χ4v) is 3.48. The van der Waals surface area contributed by atoms with Crippen molar-refractivity contribution in [3.63, 3.8) is 0 Å². The minimum absolute atomic E-state index is 0.0909. The van der Waals surface area contributed by atoms with E-state index in [4.69, 9.17) is 4.42 Å². The van der Waals surface area contributed by atoms with E-state index in [1.165, 1.54) is 19.1 Å². The van der Waals surface area contributed by atoms with Crippen LogP contribution in [0.3, 0.4) is 0 Å². The molecule has 2 aliphatic rings. The number of amides is 3. The van der Waals surface area contributed by atoms with Crippen LogP contribution in [-0.4, -0.2) is 48.3 Å². The maximum Gasteiger partial charge on any atom is 0.287 e. The normalized spacial score (nSPS) is 21.2. The molecule has 1 aromatic heterocycles. The molecule has 24 heavy (non-hydrogen) atoms. The molecule has 1 unspecified atom stereocenters. The molecule has 1 aliphatic heterocycles. The number of furan rings is 1. The van der Waals surface area contributed by atoms with Gasteiger partial charge in [-0.15, -0.1) is 0 Å². The first kappa shape index (κ1) is 16.5. The third kappa shape index (κ3) is 3.77. The molecule has 7 heteroatoms. The molecule has 2 N–H and O–H groups in total. The lowest BCUT2D eigenvalue weighted by Crippen LogP contribution is -2.39. The molecule has 1 saturated carbocycles. The monoisotopic (exact) mass is 333 g/mol. The van der Waals surface area contributed by atoms with Crippen LogP contribution < -0.4 is 10.6 Å². The van der Waals surface area contributed by atoms with Crippen molar-refractivity contribution in [3.05, 3.63) is 24.2 Å². The highest BCUT2D eigenvalue weighted by Gasteiger charge is 2.38. The molecule has 2 heterocycles. The van der Waals surface area contributed by atoms with Crippen LogP contribution in [0.4, 0.5) is 0 Å². The molecule has 1 atom stereocenters. The molecule has 3 amide bonds. The fraction of sp³-hybridized carbons (Fsp3) is 0.588. The number of hydrogen-bond donors (Lipinski definition) is 2. The molecule has 1 aliphatic carbocycles. The zero-order valence-corrected chi connectivity index (χ0v) is 13.6. The van der Waals surface area contributed by atoms with Crippen LogP contribution in [0, 0.1) is 5.92 Å². The van der Waals surface area contributed by atoms with Crippen LogP contribution in [0.1, 0.15) is 42.7 Å². The first-order valence-electron chi connectivity index (χ1n) is 8.54. The number of nitrogens with one attached hydrogen (secondary N) is 2. The predicted octanol–water partition coefficient (Wildman–Crippen LogP) is 0.917. The molecule has 0 spiro atoms. The lowest BCUT2D eigenvalue weighted by Gasteiger charge is -2.23. The average molecular weight is 333 g/mol. The Bertz CT molecular complexity index is 593. The SMILES string of the molecule is O=C(NCCNC(=O)C1CC(=O)N(C2CCCC2)C1)c1ccco1. The molecular formula is C17H23N3O4. The lowest BCUT2D eigenvalue weighted by molar-refractivity contribution is -0.130. The zero-order valence-electron chi connectivity index (χ0n) is 13.6. The van der Waals surface area contributed by atoms with E-state index in [9.17, 15) is 14.4 Å². The number of carbonyl (C=O) groups excluding carboxylic acids is 3.